The lowest BCUT2D eigenvalue weighted by Gasteiger charge is -2.17. The molecule has 228 valence electrons. The molecule has 0 bridgehead atoms. The fourth-order valence-electron chi connectivity index (χ4n) is 4.50. The van der Waals surface area contributed by atoms with Crippen molar-refractivity contribution in [3.63, 3.8) is 0 Å². The van der Waals surface area contributed by atoms with Crippen LogP contribution in [0.3, 0.4) is 0 Å². The van der Waals surface area contributed by atoms with Crippen LogP contribution in [0.5, 0.6) is 11.5 Å². The molecule has 0 saturated carbocycles. The number of nitrogens with zero attached hydrogens (tertiary/aromatic N) is 3. The van der Waals surface area contributed by atoms with Gasteiger partial charge in [0, 0.05) is 33.5 Å². The number of rotatable bonds is 9. The maximum absolute atomic E-state index is 12.7. The van der Waals surface area contributed by atoms with E-state index in [1.807, 2.05) is 55.5 Å². The highest BCUT2D eigenvalue weighted by atomic mass is 35.6. The molecule has 44 heavy (non-hydrogen) atoms. The summed E-state index contributed by atoms with van der Waals surface area (Å²) in [5.74, 6) is 0.743. The normalized spacial score (nSPS) is 12.0. The first kappa shape index (κ1) is 32.6. The molecular weight excluding hydrogens is 691 g/mol. The summed E-state index contributed by atoms with van der Waals surface area (Å²) < 4.78 is 13.8. The van der Waals surface area contributed by atoms with Crippen molar-refractivity contribution in [2.75, 3.05) is 19.8 Å². The fraction of sp³-hybridized carbons (Fsp3) is 0.226. The predicted octanol–water partition coefficient (Wildman–Crippen LogP) is 9.52. The Morgan fingerprint density at radius 2 is 1.14 bits per heavy atom. The van der Waals surface area contributed by atoms with Crippen molar-refractivity contribution in [2.24, 2.45) is 0 Å². The SMILES string of the molecule is CCOc1c2ccccc2c(OCCCOC(=O)c2ccc(-c3nc(C(Cl)(Cl)Cl)nc(C(Cl)(Cl)Cl)n3)cc2)c2ccccc12. The van der Waals surface area contributed by atoms with Gasteiger partial charge in [-0.15, -0.1) is 0 Å². The van der Waals surface area contributed by atoms with Crippen LogP contribution < -0.4 is 9.47 Å². The topological polar surface area (TPSA) is 83.4 Å². The molecule has 7 nitrogen and oxygen atoms in total. The Bertz CT molecular complexity index is 1720. The number of carbonyl (C=O) groups excluding carboxylic acids is 1. The first-order chi connectivity index (χ1) is 21.0. The number of halogens is 6. The van der Waals surface area contributed by atoms with E-state index in [1.165, 1.54) is 0 Å². The number of carbonyl (C=O) groups is 1. The van der Waals surface area contributed by atoms with Gasteiger partial charge < -0.3 is 14.2 Å². The molecule has 0 saturated heterocycles. The monoisotopic (exact) mass is 711 g/mol. The lowest BCUT2D eigenvalue weighted by atomic mass is 10.0. The Balaban J connectivity index is 1.24. The number of benzene rings is 4. The second-order valence-electron chi connectivity index (χ2n) is 9.40. The molecule has 0 N–H and O–H groups in total. The number of aromatic nitrogens is 3. The van der Waals surface area contributed by atoms with Crippen LogP contribution in [-0.2, 0) is 12.3 Å². The highest BCUT2D eigenvalue weighted by Gasteiger charge is 2.34. The summed E-state index contributed by atoms with van der Waals surface area (Å²) in [6.07, 6.45) is 0.476. The number of hydrogen-bond donors (Lipinski definition) is 0. The molecular formula is C31H23Cl6N3O4. The lowest BCUT2D eigenvalue weighted by Crippen LogP contribution is -2.16. The summed E-state index contributed by atoms with van der Waals surface area (Å²) in [5, 5.41) is 3.85. The molecule has 0 spiro atoms. The molecule has 13 heteroatoms. The zero-order valence-electron chi connectivity index (χ0n) is 23.0. The van der Waals surface area contributed by atoms with Gasteiger partial charge in [0.05, 0.1) is 25.4 Å². The van der Waals surface area contributed by atoms with Crippen molar-refractivity contribution >= 4 is 97.1 Å². The van der Waals surface area contributed by atoms with E-state index in [2.05, 4.69) is 15.0 Å². The van der Waals surface area contributed by atoms with Gasteiger partial charge in [-0.2, -0.15) is 0 Å². The van der Waals surface area contributed by atoms with Gasteiger partial charge in [0.2, 0.25) is 7.59 Å². The van der Waals surface area contributed by atoms with Crippen molar-refractivity contribution in [3.05, 3.63) is 90.0 Å². The first-order valence-corrected chi connectivity index (χ1v) is 15.6. The standard InChI is InChI=1S/C31H23Cl6N3O4/c1-2-42-24-20-8-3-5-10-22(20)25(23-11-6-4-9-21(23)24)43-16-7-17-44-27(41)19-14-12-18(13-15-19)26-38-28(30(32,33)34)40-29(39-26)31(35,36)37/h3-6,8-15H,2,7,16-17H2,1H3. The highest BCUT2D eigenvalue weighted by Crippen LogP contribution is 2.43. The van der Waals surface area contributed by atoms with Gasteiger partial charge in [0.15, 0.2) is 17.5 Å². The van der Waals surface area contributed by atoms with Gasteiger partial charge in [0.1, 0.15) is 11.5 Å². The van der Waals surface area contributed by atoms with E-state index in [0.717, 1.165) is 33.0 Å². The van der Waals surface area contributed by atoms with E-state index in [1.54, 1.807) is 24.3 Å². The van der Waals surface area contributed by atoms with E-state index in [9.17, 15) is 4.79 Å². The summed E-state index contributed by atoms with van der Waals surface area (Å²) >= 11 is 35.7. The number of ether oxygens (including phenoxy) is 3. The van der Waals surface area contributed by atoms with Crippen molar-refractivity contribution in [3.8, 4) is 22.9 Å². The lowest BCUT2D eigenvalue weighted by molar-refractivity contribution is 0.0486. The molecule has 0 unspecified atom stereocenters. The molecule has 5 aromatic rings. The van der Waals surface area contributed by atoms with Crippen LogP contribution in [-0.4, -0.2) is 40.7 Å². The van der Waals surface area contributed by atoms with Gasteiger partial charge in [-0.05, 0) is 19.1 Å². The Kier molecular flexibility index (Phi) is 10.1. The molecule has 0 aliphatic rings. The number of hydrogen-bond acceptors (Lipinski definition) is 7. The molecule has 4 aromatic carbocycles. The van der Waals surface area contributed by atoms with Crippen LogP contribution in [0.15, 0.2) is 72.8 Å². The molecule has 5 rings (SSSR count). The quantitative estimate of drug-likeness (QED) is 0.0651. The van der Waals surface area contributed by atoms with Crippen LogP contribution in [0.25, 0.3) is 32.9 Å². The summed E-state index contributed by atoms with van der Waals surface area (Å²) in [6.45, 7) is 3.01. The van der Waals surface area contributed by atoms with E-state index in [4.69, 9.17) is 83.8 Å². The number of esters is 1. The summed E-state index contributed by atoms with van der Waals surface area (Å²) in [5.41, 5.74) is 0.786. The molecule has 0 aliphatic carbocycles. The van der Waals surface area contributed by atoms with E-state index in [-0.39, 0.29) is 24.1 Å². The Morgan fingerprint density at radius 3 is 1.59 bits per heavy atom. The van der Waals surface area contributed by atoms with Gasteiger partial charge in [0.25, 0.3) is 0 Å². The Morgan fingerprint density at radius 1 is 0.659 bits per heavy atom. The molecule has 0 radical (unpaired) electrons. The number of alkyl halides is 6. The smallest absolute Gasteiger partial charge is 0.338 e. The average molecular weight is 714 g/mol. The van der Waals surface area contributed by atoms with Crippen molar-refractivity contribution < 1.29 is 19.0 Å². The Labute approximate surface area is 283 Å². The van der Waals surface area contributed by atoms with Crippen LogP contribution in [0.1, 0.15) is 35.4 Å². The van der Waals surface area contributed by atoms with Crippen molar-refractivity contribution in [1.82, 2.24) is 15.0 Å². The van der Waals surface area contributed by atoms with Crippen molar-refractivity contribution in [1.29, 1.82) is 0 Å². The van der Waals surface area contributed by atoms with Crippen LogP contribution in [0, 0.1) is 0 Å². The third kappa shape index (κ3) is 7.36. The van der Waals surface area contributed by atoms with Crippen LogP contribution in [0.4, 0.5) is 0 Å². The minimum atomic E-state index is -1.98. The van der Waals surface area contributed by atoms with Crippen LogP contribution in [0.2, 0.25) is 0 Å². The minimum absolute atomic E-state index is 0.0917. The Hall–Kier alpha value is -2.78. The molecule has 0 amide bonds. The molecule has 1 aromatic heterocycles. The van der Waals surface area contributed by atoms with Gasteiger partial charge in [-0.25, -0.2) is 19.7 Å². The highest BCUT2D eigenvalue weighted by molar-refractivity contribution is 6.67. The molecule has 1 heterocycles. The van der Waals surface area contributed by atoms with Gasteiger partial charge in [-0.1, -0.05) is 130 Å². The van der Waals surface area contributed by atoms with Crippen molar-refractivity contribution in [2.45, 2.75) is 20.9 Å². The van der Waals surface area contributed by atoms with E-state index < -0.39 is 13.6 Å². The van der Waals surface area contributed by atoms with E-state index >= 15 is 0 Å². The molecule has 0 atom stereocenters. The zero-order valence-corrected chi connectivity index (χ0v) is 27.5. The molecule has 0 aliphatic heterocycles. The second kappa shape index (κ2) is 13.7. The summed E-state index contributed by atoms with van der Waals surface area (Å²) in [6, 6.07) is 22.3. The molecule has 0 fully saturated rings. The summed E-state index contributed by atoms with van der Waals surface area (Å²) in [4.78, 5) is 25.0. The van der Waals surface area contributed by atoms with Gasteiger partial charge >= 0.3 is 5.97 Å². The second-order valence-corrected chi connectivity index (χ2v) is 14.0. The van der Waals surface area contributed by atoms with Crippen LogP contribution >= 0.6 is 69.6 Å². The largest absolute Gasteiger partial charge is 0.493 e. The maximum atomic E-state index is 12.7. The number of fused-ring (bicyclic) bond motifs is 2. The van der Waals surface area contributed by atoms with Gasteiger partial charge in [-0.3, -0.25) is 0 Å². The third-order valence-electron chi connectivity index (χ3n) is 6.41. The maximum Gasteiger partial charge on any atom is 0.338 e. The average Bonchev–Trinajstić information content (AvgIpc) is 3.01. The zero-order chi connectivity index (χ0) is 31.5. The minimum Gasteiger partial charge on any atom is -0.493 e. The fourth-order valence-corrected chi connectivity index (χ4v) is 5.01. The van der Waals surface area contributed by atoms with E-state index in [0.29, 0.717) is 30.8 Å². The summed E-state index contributed by atoms with van der Waals surface area (Å²) in [7, 11) is 0. The predicted molar refractivity (Wildman–Crippen MR) is 177 cm³/mol. The first-order valence-electron chi connectivity index (χ1n) is 13.3. The third-order valence-corrected chi connectivity index (χ3v) is 7.43.